The fourth-order valence-corrected chi connectivity index (χ4v) is 5.42. The predicted octanol–water partition coefficient (Wildman–Crippen LogP) is 6.74. The van der Waals surface area contributed by atoms with Crippen LogP contribution >= 0.6 is 23.4 Å². The third-order valence-corrected chi connectivity index (χ3v) is 7.21. The van der Waals surface area contributed by atoms with Crippen LogP contribution in [0.25, 0.3) is 10.9 Å². The number of anilines is 2. The van der Waals surface area contributed by atoms with Gasteiger partial charge in [-0.3, -0.25) is 4.79 Å². The Morgan fingerprint density at radius 3 is 2.54 bits per heavy atom. The van der Waals surface area contributed by atoms with Gasteiger partial charge in [-0.2, -0.15) is 0 Å². The number of para-hydroxylation sites is 2. The number of aromatic amines is 1. The van der Waals surface area contributed by atoms with Crippen LogP contribution in [-0.2, 0) is 0 Å². The average Bonchev–Trinajstić information content (AvgIpc) is 2.83. The summed E-state index contributed by atoms with van der Waals surface area (Å²) < 4.78 is 5.17. The first-order valence-electron chi connectivity index (χ1n) is 11.5. The lowest BCUT2D eigenvalue weighted by molar-refractivity contribution is 0.402. The van der Waals surface area contributed by atoms with Crippen molar-refractivity contribution < 1.29 is 4.74 Å². The van der Waals surface area contributed by atoms with E-state index in [4.69, 9.17) is 16.3 Å². The Labute approximate surface area is 215 Å². The van der Waals surface area contributed by atoms with Crippen molar-refractivity contribution in [2.24, 2.45) is 0 Å². The second kappa shape index (κ2) is 11.2. The molecule has 0 unspecified atom stereocenters. The first kappa shape index (κ1) is 25.2. The van der Waals surface area contributed by atoms with E-state index in [0.29, 0.717) is 5.75 Å². The number of halogens is 1. The van der Waals surface area contributed by atoms with Crippen molar-refractivity contribution in [3.63, 3.8) is 0 Å². The van der Waals surface area contributed by atoms with Gasteiger partial charge in [-0.05, 0) is 75.9 Å². The Kier molecular flexibility index (Phi) is 8.06. The zero-order valence-corrected chi connectivity index (χ0v) is 22.0. The molecule has 1 aliphatic heterocycles. The van der Waals surface area contributed by atoms with Crippen molar-refractivity contribution >= 4 is 45.6 Å². The molecular formula is C28H30ClN3O2S. The summed E-state index contributed by atoms with van der Waals surface area (Å²) in [6, 6.07) is 22.1. The molecule has 0 spiro atoms. The number of fused-ring (bicyclic) bond motifs is 3. The Balaban J connectivity index is 0.000000179. The molecule has 7 heteroatoms. The van der Waals surface area contributed by atoms with Crippen molar-refractivity contribution in [1.29, 1.82) is 0 Å². The molecule has 3 aromatic carbocycles. The number of hydrogen-bond donors (Lipinski definition) is 1. The highest BCUT2D eigenvalue weighted by atomic mass is 35.5. The molecule has 1 aromatic heterocycles. The van der Waals surface area contributed by atoms with E-state index >= 15 is 0 Å². The van der Waals surface area contributed by atoms with Crippen molar-refractivity contribution in [2.45, 2.75) is 23.1 Å². The molecule has 0 fully saturated rings. The monoisotopic (exact) mass is 507 g/mol. The summed E-state index contributed by atoms with van der Waals surface area (Å²) >= 11 is 8.03. The van der Waals surface area contributed by atoms with E-state index in [0.717, 1.165) is 41.0 Å². The Morgan fingerprint density at radius 1 is 1.00 bits per heavy atom. The fraction of sp³-hybridized carbons (Fsp3) is 0.250. The van der Waals surface area contributed by atoms with Gasteiger partial charge in [-0.1, -0.05) is 47.6 Å². The molecule has 0 atom stereocenters. The maximum atomic E-state index is 11.3. The zero-order valence-electron chi connectivity index (χ0n) is 20.5. The number of ether oxygens (including phenoxy) is 1. The number of methoxy groups -OCH3 is 1. The van der Waals surface area contributed by atoms with E-state index < -0.39 is 0 Å². The molecule has 182 valence electrons. The standard InChI is InChI=1S/C17H19ClN2S.C11H11NO2/c1-19(2)10-5-11-20-14-6-3-4-7-16(14)21-17-9-8-13(18)12-15(17)20;1-7-6-10(13)12-11-8(7)4-3-5-9(11)14-2/h3-4,6-9,12H,5,10-11H2,1-2H3;3-6H,1-2H3,(H,12,13). The van der Waals surface area contributed by atoms with E-state index in [9.17, 15) is 4.79 Å². The van der Waals surface area contributed by atoms with Gasteiger partial charge in [-0.25, -0.2) is 0 Å². The molecule has 1 N–H and O–H groups in total. The molecule has 0 aliphatic carbocycles. The number of nitrogens with zero attached hydrogens (tertiary/aromatic N) is 2. The highest BCUT2D eigenvalue weighted by Crippen LogP contribution is 2.48. The van der Waals surface area contributed by atoms with E-state index in [1.54, 1.807) is 13.2 Å². The summed E-state index contributed by atoms with van der Waals surface area (Å²) in [5.41, 5.74) is 4.14. The van der Waals surface area contributed by atoms with Crippen molar-refractivity contribution in [2.75, 3.05) is 39.2 Å². The van der Waals surface area contributed by atoms with Gasteiger partial charge in [0.05, 0.1) is 24.0 Å². The molecule has 5 rings (SSSR count). The average molecular weight is 508 g/mol. The third-order valence-electron chi connectivity index (χ3n) is 5.84. The van der Waals surface area contributed by atoms with Gasteiger partial charge in [0.25, 0.3) is 0 Å². The summed E-state index contributed by atoms with van der Waals surface area (Å²) in [4.78, 5) is 21.3. The van der Waals surface area contributed by atoms with Crippen LogP contribution in [0.1, 0.15) is 12.0 Å². The quantitative estimate of drug-likeness (QED) is 0.324. The van der Waals surface area contributed by atoms with Crippen LogP contribution in [0.4, 0.5) is 11.4 Å². The van der Waals surface area contributed by atoms with Crippen molar-refractivity contribution in [3.8, 4) is 5.75 Å². The minimum atomic E-state index is -0.0977. The minimum Gasteiger partial charge on any atom is -0.495 e. The van der Waals surface area contributed by atoms with Crippen LogP contribution in [0.15, 0.2) is 81.3 Å². The van der Waals surface area contributed by atoms with E-state index in [1.807, 2.05) is 43.0 Å². The van der Waals surface area contributed by atoms with Crippen LogP contribution < -0.4 is 15.2 Å². The molecule has 5 nitrogen and oxygen atoms in total. The number of benzene rings is 3. The largest absolute Gasteiger partial charge is 0.495 e. The van der Waals surface area contributed by atoms with Crippen molar-refractivity contribution in [3.05, 3.63) is 87.7 Å². The smallest absolute Gasteiger partial charge is 0.248 e. The number of hydrogen-bond acceptors (Lipinski definition) is 5. The first-order chi connectivity index (χ1) is 16.9. The Bertz CT molecular complexity index is 1390. The number of aryl methyl sites for hydroxylation is 1. The Hall–Kier alpha value is -2.93. The summed E-state index contributed by atoms with van der Waals surface area (Å²) in [6.45, 7) is 4.00. The second-order valence-electron chi connectivity index (χ2n) is 8.69. The van der Waals surface area contributed by atoms with Gasteiger partial charge >= 0.3 is 0 Å². The van der Waals surface area contributed by atoms with Gasteiger partial charge in [0, 0.05) is 32.8 Å². The molecule has 0 radical (unpaired) electrons. The molecule has 35 heavy (non-hydrogen) atoms. The van der Waals surface area contributed by atoms with Gasteiger partial charge in [-0.15, -0.1) is 0 Å². The topological polar surface area (TPSA) is 48.6 Å². The number of pyridine rings is 1. The lowest BCUT2D eigenvalue weighted by Gasteiger charge is -2.33. The molecule has 0 saturated carbocycles. The molecular weight excluding hydrogens is 478 g/mol. The normalized spacial score (nSPS) is 12.1. The van der Waals surface area contributed by atoms with E-state index in [1.165, 1.54) is 21.2 Å². The van der Waals surface area contributed by atoms with Crippen LogP contribution in [0.5, 0.6) is 5.75 Å². The number of H-pyrrole nitrogens is 1. The molecule has 0 amide bonds. The summed E-state index contributed by atoms with van der Waals surface area (Å²) in [7, 11) is 5.82. The zero-order chi connectivity index (χ0) is 24.9. The SMILES string of the molecule is CN(C)CCCN1c2ccccc2Sc2ccc(Cl)cc21.COc1cccc2c(C)cc(=O)[nH]c12. The van der Waals surface area contributed by atoms with Crippen LogP contribution in [0, 0.1) is 6.92 Å². The minimum absolute atomic E-state index is 0.0977. The fourth-order valence-electron chi connectivity index (χ4n) is 4.18. The van der Waals surface area contributed by atoms with Crippen LogP contribution in [0.3, 0.4) is 0 Å². The number of aromatic nitrogens is 1. The van der Waals surface area contributed by atoms with Gasteiger partial charge in [0.15, 0.2) is 0 Å². The summed E-state index contributed by atoms with van der Waals surface area (Å²) in [6.07, 6.45) is 1.12. The lowest BCUT2D eigenvalue weighted by Crippen LogP contribution is -2.25. The first-order valence-corrected chi connectivity index (χ1v) is 12.7. The van der Waals surface area contributed by atoms with E-state index in [2.05, 4.69) is 65.3 Å². The van der Waals surface area contributed by atoms with Crippen molar-refractivity contribution in [1.82, 2.24) is 9.88 Å². The maximum Gasteiger partial charge on any atom is 0.248 e. The molecule has 4 aromatic rings. The number of rotatable bonds is 5. The summed E-state index contributed by atoms with van der Waals surface area (Å²) in [5, 5.41) is 1.82. The Morgan fingerprint density at radius 2 is 1.77 bits per heavy atom. The molecule has 0 bridgehead atoms. The van der Waals surface area contributed by atoms with Gasteiger partial charge < -0.3 is 19.5 Å². The molecule has 2 heterocycles. The number of nitrogens with one attached hydrogen (secondary N) is 1. The second-order valence-corrected chi connectivity index (χ2v) is 10.2. The van der Waals surface area contributed by atoms with Gasteiger partial charge in [0.2, 0.25) is 5.56 Å². The lowest BCUT2D eigenvalue weighted by atomic mass is 10.1. The third kappa shape index (κ3) is 5.84. The highest BCUT2D eigenvalue weighted by Gasteiger charge is 2.23. The van der Waals surface area contributed by atoms with Crippen LogP contribution in [0.2, 0.25) is 5.02 Å². The van der Waals surface area contributed by atoms with Crippen LogP contribution in [-0.4, -0.2) is 44.2 Å². The highest BCUT2D eigenvalue weighted by molar-refractivity contribution is 7.99. The molecule has 1 aliphatic rings. The predicted molar refractivity (Wildman–Crippen MR) is 148 cm³/mol. The summed E-state index contributed by atoms with van der Waals surface area (Å²) in [5.74, 6) is 0.698. The molecule has 0 saturated heterocycles. The maximum absolute atomic E-state index is 11.3. The van der Waals surface area contributed by atoms with E-state index in [-0.39, 0.29) is 5.56 Å². The van der Waals surface area contributed by atoms with Gasteiger partial charge in [0.1, 0.15) is 5.75 Å².